The lowest BCUT2D eigenvalue weighted by Crippen LogP contribution is -2.24. The maximum Gasteiger partial charge on any atom is 0.259 e. The van der Waals surface area contributed by atoms with Crippen LogP contribution in [-0.4, -0.2) is 26.2 Å². The lowest BCUT2D eigenvalue weighted by molar-refractivity contribution is 0.432. The Balaban J connectivity index is 1.52. The summed E-state index contributed by atoms with van der Waals surface area (Å²) in [6, 6.07) is 8.77. The molecule has 1 aromatic carbocycles. The van der Waals surface area contributed by atoms with Crippen molar-refractivity contribution in [2.24, 2.45) is 0 Å². The van der Waals surface area contributed by atoms with Gasteiger partial charge < -0.3 is 14.4 Å². The van der Waals surface area contributed by atoms with Gasteiger partial charge in [0.05, 0.1) is 5.56 Å². The Hall–Kier alpha value is -2.99. The molecule has 28 heavy (non-hydrogen) atoms. The molecule has 1 aliphatic heterocycles. The van der Waals surface area contributed by atoms with Gasteiger partial charge in [0.2, 0.25) is 5.82 Å². The minimum absolute atomic E-state index is 0.369. The second kappa shape index (κ2) is 6.56. The molecule has 142 valence electrons. The first kappa shape index (κ1) is 17.1. The topological polar surface area (TPSA) is 68.8 Å². The predicted octanol–water partition coefficient (Wildman–Crippen LogP) is 4.29. The number of hydrogen-bond acceptors (Lipinski definition) is 5. The first-order valence-electron chi connectivity index (χ1n) is 9.75. The van der Waals surface area contributed by atoms with E-state index in [4.69, 9.17) is 4.52 Å². The van der Waals surface area contributed by atoms with Gasteiger partial charge in [-0.1, -0.05) is 17.3 Å². The van der Waals surface area contributed by atoms with Gasteiger partial charge in [-0.3, -0.25) is 0 Å². The second-order valence-corrected chi connectivity index (χ2v) is 7.68. The lowest BCUT2D eigenvalue weighted by Gasteiger charge is -2.20. The molecule has 3 aromatic heterocycles. The molecule has 6 nitrogen and oxygen atoms in total. The van der Waals surface area contributed by atoms with Crippen molar-refractivity contribution in [1.82, 2.24) is 25.0 Å². The molecule has 5 rings (SSSR count). The molecule has 0 radical (unpaired) electrons. The van der Waals surface area contributed by atoms with Crippen molar-refractivity contribution < 1.29 is 4.52 Å². The van der Waals surface area contributed by atoms with E-state index in [9.17, 15) is 0 Å². The highest BCUT2D eigenvalue weighted by molar-refractivity contribution is 5.80. The summed E-state index contributed by atoms with van der Waals surface area (Å²) in [5, 5.41) is 8.74. The fourth-order valence-corrected chi connectivity index (χ4v) is 4.03. The Bertz CT molecular complexity index is 1170. The minimum Gasteiger partial charge on any atom is -0.334 e. The maximum absolute atomic E-state index is 5.59. The molecular weight excluding hydrogens is 350 g/mol. The molecule has 0 aliphatic carbocycles. The van der Waals surface area contributed by atoms with Crippen molar-refractivity contribution in [2.45, 2.75) is 39.8 Å². The van der Waals surface area contributed by atoms with E-state index in [0.717, 1.165) is 41.7 Å². The number of pyridine rings is 1. The summed E-state index contributed by atoms with van der Waals surface area (Å²) in [6.07, 6.45) is 4.91. The van der Waals surface area contributed by atoms with Gasteiger partial charge in [0, 0.05) is 35.9 Å². The van der Waals surface area contributed by atoms with Crippen LogP contribution in [0.2, 0.25) is 0 Å². The molecule has 6 heteroatoms. The lowest BCUT2D eigenvalue weighted by atomic mass is 9.92. The molecular formula is C22H23N5O. The van der Waals surface area contributed by atoms with E-state index in [-0.39, 0.29) is 0 Å². The molecule has 0 atom stereocenters. The van der Waals surface area contributed by atoms with E-state index in [0.29, 0.717) is 17.8 Å². The molecule has 4 aromatic rings. The van der Waals surface area contributed by atoms with Crippen LogP contribution in [0.1, 0.15) is 36.6 Å². The summed E-state index contributed by atoms with van der Waals surface area (Å²) >= 11 is 0. The minimum atomic E-state index is 0.369. The van der Waals surface area contributed by atoms with E-state index in [1.54, 1.807) is 0 Å². The molecule has 4 heterocycles. The van der Waals surface area contributed by atoms with Gasteiger partial charge in [0.15, 0.2) is 0 Å². The second-order valence-electron chi connectivity index (χ2n) is 7.68. The van der Waals surface area contributed by atoms with Crippen molar-refractivity contribution in [3.63, 3.8) is 0 Å². The van der Waals surface area contributed by atoms with Crippen molar-refractivity contribution in [1.29, 1.82) is 0 Å². The van der Waals surface area contributed by atoms with E-state index >= 15 is 0 Å². The summed E-state index contributed by atoms with van der Waals surface area (Å²) in [5.74, 6) is 1.13. The zero-order valence-corrected chi connectivity index (χ0v) is 16.4. The monoisotopic (exact) mass is 373 g/mol. The zero-order chi connectivity index (χ0) is 19.3. The smallest absolute Gasteiger partial charge is 0.259 e. The number of rotatable bonds is 3. The fourth-order valence-electron chi connectivity index (χ4n) is 4.03. The number of fused-ring (bicyclic) bond motifs is 2. The van der Waals surface area contributed by atoms with Crippen molar-refractivity contribution >= 4 is 11.0 Å². The van der Waals surface area contributed by atoms with Gasteiger partial charge in [-0.05, 0) is 62.6 Å². The van der Waals surface area contributed by atoms with Gasteiger partial charge in [0.1, 0.15) is 5.65 Å². The number of nitrogens with zero attached hydrogens (tertiary/aromatic N) is 4. The number of nitrogens with one attached hydrogen (secondary N) is 1. The highest BCUT2D eigenvalue weighted by Gasteiger charge is 2.18. The predicted molar refractivity (Wildman–Crippen MR) is 109 cm³/mol. The molecule has 0 bridgehead atoms. The van der Waals surface area contributed by atoms with Crippen LogP contribution in [0.3, 0.4) is 0 Å². The van der Waals surface area contributed by atoms with Crippen LogP contribution in [0.25, 0.3) is 33.9 Å². The maximum atomic E-state index is 5.59. The zero-order valence-electron chi connectivity index (χ0n) is 16.4. The summed E-state index contributed by atoms with van der Waals surface area (Å²) in [7, 11) is 0. The van der Waals surface area contributed by atoms with E-state index < -0.39 is 0 Å². The van der Waals surface area contributed by atoms with Crippen molar-refractivity contribution in [3.8, 4) is 22.8 Å². The highest BCUT2D eigenvalue weighted by Crippen LogP contribution is 2.30. The molecule has 0 fully saturated rings. The van der Waals surface area contributed by atoms with Crippen molar-refractivity contribution in [3.05, 3.63) is 53.3 Å². The van der Waals surface area contributed by atoms with Crippen LogP contribution < -0.4 is 5.32 Å². The number of hydrogen-bond donors (Lipinski definition) is 1. The van der Waals surface area contributed by atoms with Crippen LogP contribution in [-0.2, 0) is 13.0 Å². The van der Waals surface area contributed by atoms with Gasteiger partial charge in [-0.2, -0.15) is 4.98 Å². The van der Waals surface area contributed by atoms with Crippen LogP contribution in [0.5, 0.6) is 0 Å². The Morgan fingerprint density at radius 3 is 2.96 bits per heavy atom. The highest BCUT2D eigenvalue weighted by atomic mass is 16.5. The van der Waals surface area contributed by atoms with Crippen LogP contribution >= 0.6 is 0 Å². The molecule has 0 unspecified atom stereocenters. The fraction of sp³-hybridized carbons (Fsp3) is 0.318. The van der Waals surface area contributed by atoms with E-state index in [1.165, 1.54) is 16.7 Å². The molecule has 1 aliphatic rings. The molecule has 1 N–H and O–H groups in total. The van der Waals surface area contributed by atoms with E-state index in [1.807, 2.05) is 6.20 Å². The first-order valence-corrected chi connectivity index (χ1v) is 9.75. The van der Waals surface area contributed by atoms with Gasteiger partial charge in [-0.15, -0.1) is 0 Å². The van der Waals surface area contributed by atoms with Crippen LogP contribution in [0, 0.1) is 6.92 Å². The third-order valence-corrected chi connectivity index (χ3v) is 5.59. The largest absolute Gasteiger partial charge is 0.334 e. The van der Waals surface area contributed by atoms with Crippen LogP contribution in [0.15, 0.2) is 41.2 Å². The third-order valence-electron chi connectivity index (χ3n) is 5.59. The van der Waals surface area contributed by atoms with Crippen LogP contribution in [0.4, 0.5) is 0 Å². The van der Waals surface area contributed by atoms with Crippen molar-refractivity contribution in [2.75, 3.05) is 6.54 Å². The summed E-state index contributed by atoms with van der Waals surface area (Å²) in [4.78, 5) is 9.29. The summed E-state index contributed by atoms with van der Waals surface area (Å²) in [5.41, 5.74) is 6.86. The molecule has 0 saturated heterocycles. The Labute approximate surface area is 163 Å². The van der Waals surface area contributed by atoms with Gasteiger partial charge in [-0.25, -0.2) is 4.98 Å². The molecule has 0 amide bonds. The standard InChI is InChI=1S/C22H23N5O/c1-13(2)27-9-7-15-10-17(12-24-21(15)27)22-25-20(26-28-22)19-5-4-16-11-23-8-6-18(16)14(19)3/h4-5,7,9-10,12-13,23H,6,8,11H2,1-3H3. The van der Waals surface area contributed by atoms with Gasteiger partial charge >= 0.3 is 0 Å². The Morgan fingerprint density at radius 1 is 1.21 bits per heavy atom. The Kier molecular flexibility index (Phi) is 4.02. The molecule has 0 spiro atoms. The third kappa shape index (κ3) is 2.72. The average molecular weight is 373 g/mol. The number of benzene rings is 1. The summed E-state index contributed by atoms with van der Waals surface area (Å²) in [6.45, 7) is 8.39. The summed E-state index contributed by atoms with van der Waals surface area (Å²) < 4.78 is 7.74. The number of aromatic nitrogens is 4. The molecule has 0 saturated carbocycles. The normalized spacial score (nSPS) is 14.0. The SMILES string of the molecule is Cc1c(-c2noc(-c3cnc4c(ccn4C(C)C)c3)n2)ccc2c1CCNC2. The first-order chi connectivity index (χ1) is 13.6. The Morgan fingerprint density at radius 2 is 2.11 bits per heavy atom. The van der Waals surface area contributed by atoms with Gasteiger partial charge in [0.25, 0.3) is 5.89 Å². The van der Waals surface area contributed by atoms with E-state index in [2.05, 4.69) is 76.2 Å². The average Bonchev–Trinajstić information content (AvgIpc) is 3.35. The quantitative estimate of drug-likeness (QED) is 0.580.